The van der Waals surface area contributed by atoms with E-state index in [1.54, 1.807) is 29.4 Å². The minimum Gasteiger partial charge on any atom is -0.340 e. The second-order valence-corrected chi connectivity index (χ2v) is 7.67. The van der Waals surface area contributed by atoms with Gasteiger partial charge in [0.1, 0.15) is 11.6 Å². The van der Waals surface area contributed by atoms with Crippen molar-refractivity contribution in [3.63, 3.8) is 0 Å². The Bertz CT molecular complexity index is 1280. The fourth-order valence-electron chi connectivity index (χ4n) is 3.74. The molecule has 7 nitrogen and oxygen atoms in total. The summed E-state index contributed by atoms with van der Waals surface area (Å²) in [6, 6.07) is 19.0. The van der Waals surface area contributed by atoms with E-state index in [1.807, 2.05) is 42.5 Å². The van der Waals surface area contributed by atoms with E-state index in [-0.39, 0.29) is 11.8 Å². The number of anilines is 3. The molecule has 2 aromatic heterocycles. The van der Waals surface area contributed by atoms with Crippen LogP contribution in [0.4, 0.5) is 26.4 Å². The number of hydrogen-bond donors (Lipinski definition) is 2. The van der Waals surface area contributed by atoms with Gasteiger partial charge in [0.2, 0.25) is 0 Å². The number of carbonyl (C=O) groups is 1. The number of nitrogens with one attached hydrogen (secondary N) is 2. The number of carbonyl (C=O) groups excluding carboxylic acids is 1. The van der Waals surface area contributed by atoms with Crippen LogP contribution >= 0.6 is 0 Å². The number of halogens is 1. The Morgan fingerprint density at radius 2 is 1.82 bits per heavy atom. The van der Waals surface area contributed by atoms with Crippen molar-refractivity contribution < 1.29 is 9.18 Å². The lowest BCUT2D eigenvalue weighted by molar-refractivity contribution is 0.206. The molecule has 0 atom stereocenters. The lowest BCUT2D eigenvalue weighted by Crippen LogP contribution is -2.39. The van der Waals surface area contributed by atoms with E-state index >= 15 is 0 Å². The van der Waals surface area contributed by atoms with Gasteiger partial charge in [-0.1, -0.05) is 24.3 Å². The first kappa shape index (κ1) is 20.6. The van der Waals surface area contributed by atoms with Gasteiger partial charge in [0.25, 0.3) is 0 Å². The van der Waals surface area contributed by atoms with Crippen molar-refractivity contribution >= 4 is 23.2 Å². The Kier molecular flexibility index (Phi) is 5.63. The van der Waals surface area contributed by atoms with E-state index in [1.165, 1.54) is 12.1 Å². The third kappa shape index (κ3) is 4.64. The zero-order valence-electron chi connectivity index (χ0n) is 17.7. The standard InChI is InChI=1S/C25H21FN6O/c26-18-7-4-10-20(14-18)28-24-21-16-32(25(33)29-19-8-2-1-3-9-19)13-11-22(21)30-23(31-24)17-6-5-12-27-15-17/h1-10,12,14-15H,11,13,16H2,(H,29,33)(H,28,30,31). The summed E-state index contributed by atoms with van der Waals surface area (Å²) in [5.74, 6) is 0.726. The molecule has 2 aromatic carbocycles. The van der Waals surface area contributed by atoms with Gasteiger partial charge < -0.3 is 15.5 Å². The Balaban J connectivity index is 1.48. The van der Waals surface area contributed by atoms with Crippen molar-refractivity contribution in [1.29, 1.82) is 0 Å². The average molecular weight is 440 g/mol. The number of benzene rings is 2. The molecular formula is C25H21FN6O. The molecule has 0 saturated carbocycles. The van der Waals surface area contributed by atoms with Gasteiger partial charge in [-0.15, -0.1) is 0 Å². The number of urea groups is 1. The molecule has 0 spiro atoms. The maximum absolute atomic E-state index is 13.8. The first-order valence-corrected chi connectivity index (χ1v) is 10.6. The molecule has 0 saturated heterocycles. The molecule has 1 aliphatic rings. The van der Waals surface area contributed by atoms with Crippen LogP contribution in [0.3, 0.4) is 0 Å². The molecule has 164 valence electrons. The van der Waals surface area contributed by atoms with Gasteiger partial charge in [0.15, 0.2) is 5.82 Å². The Hall–Kier alpha value is -4.33. The third-order valence-corrected chi connectivity index (χ3v) is 5.38. The monoisotopic (exact) mass is 440 g/mol. The van der Waals surface area contributed by atoms with Crippen molar-refractivity contribution in [3.05, 3.63) is 96.2 Å². The summed E-state index contributed by atoms with van der Waals surface area (Å²) < 4.78 is 13.8. The van der Waals surface area contributed by atoms with Crippen LogP contribution in [0.5, 0.6) is 0 Å². The molecular weight excluding hydrogens is 419 g/mol. The predicted octanol–water partition coefficient (Wildman–Crippen LogP) is 5.01. The van der Waals surface area contributed by atoms with Crippen LogP contribution in [0.2, 0.25) is 0 Å². The van der Waals surface area contributed by atoms with Gasteiger partial charge in [0, 0.05) is 47.9 Å². The molecule has 0 bridgehead atoms. The maximum Gasteiger partial charge on any atom is 0.322 e. The van der Waals surface area contributed by atoms with E-state index < -0.39 is 0 Å². The number of para-hydroxylation sites is 1. The Morgan fingerprint density at radius 1 is 0.970 bits per heavy atom. The van der Waals surface area contributed by atoms with Gasteiger partial charge in [-0.25, -0.2) is 19.2 Å². The van der Waals surface area contributed by atoms with Crippen LogP contribution < -0.4 is 10.6 Å². The van der Waals surface area contributed by atoms with E-state index in [4.69, 9.17) is 9.97 Å². The van der Waals surface area contributed by atoms with Crippen LogP contribution in [0.1, 0.15) is 11.3 Å². The van der Waals surface area contributed by atoms with Crippen LogP contribution in [-0.4, -0.2) is 32.4 Å². The van der Waals surface area contributed by atoms with Crippen LogP contribution in [0.25, 0.3) is 11.4 Å². The zero-order chi connectivity index (χ0) is 22.6. The van der Waals surface area contributed by atoms with E-state index in [9.17, 15) is 9.18 Å². The number of hydrogen-bond acceptors (Lipinski definition) is 5. The fourth-order valence-corrected chi connectivity index (χ4v) is 3.74. The maximum atomic E-state index is 13.8. The first-order valence-electron chi connectivity index (χ1n) is 10.6. The lowest BCUT2D eigenvalue weighted by Gasteiger charge is -2.30. The van der Waals surface area contributed by atoms with E-state index in [0.717, 1.165) is 22.5 Å². The fraction of sp³-hybridized carbons (Fsp3) is 0.120. The number of rotatable bonds is 4. The molecule has 0 unspecified atom stereocenters. The molecule has 2 N–H and O–H groups in total. The summed E-state index contributed by atoms with van der Waals surface area (Å²) in [4.78, 5) is 28.2. The molecule has 8 heteroatoms. The Labute approximate surface area is 190 Å². The van der Waals surface area contributed by atoms with Crippen LogP contribution in [0, 0.1) is 5.82 Å². The highest BCUT2D eigenvalue weighted by Gasteiger charge is 2.26. The number of aromatic nitrogens is 3. The smallest absolute Gasteiger partial charge is 0.322 e. The van der Waals surface area contributed by atoms with Crippen molar-refractivity contribution in [3.8, 4) is 11.4 Å². The molecule has 5 rings (SSSR count). The third-order valence-electron chi connectivity index (χ3n) is 5.38. The minimum absolute atomic E-state index is 0.195. The lowest BCUT2D eigenvalue weighted by atomic mass is 10.1. The largest absolute Gasteiger partial charge is 0.340 e. The number of fused-ring (bicyclic) bond motifs is 1. The van der Waals surface area contributed by atoms with Gasteiger partial charge in [-0.2, -0.15) is 0 Å². The zero-order valence-corrected chi connectivity index (χ0v) is 17.7. The topological polar surface area (TPSA) is 83.0 Å². The second kappa shape index (κ2) is 9.04. The normalized spacial score (nSPS) is 12.7. The number of pyridine rings is 1. The number of amides is 2. The quantitative estimate of drug-likeness (QED) is 0.466. The van der Waals surface area contributed by atoms with Gasteiger partial charge >= 0.3 is 6.03 Å². The van der Waals surface area contributed by atoms with Gasteiger partial charge in [0.05, 0.1) is 12.2 Å². The van der Waals surface area contributed by atoms with Gasteiger partial charge in [-0.05, 0) is 42.5 Å². The predicted molar refractivity (Wildman–Crippen MR) is 125 cm³/mol. The molecule has 0 fully saturated rings. The molecule has 4 aromatic rings. The number of nitrogens with zero attached hydrogens (tertiary/aromatic N) is 4. The highest BCUT2D eigenvalue weighted by molar-refractivity contribution is 5.89. The summed E-state index contributed by atoms with van der Waals surface area (Å²) in [5, 5.41) is 6.15. The summed E-state index contributed by atoms with van der Waals surface area (Å²) >= 11 is 0. The van der Waals surface area contributed by atoms with Gasteiger partial charge in [-0.3, -0.25) is 4.98 Å². The Morgan fingerprint density at radius 3 is 2.61 bits per heavy atom. The average Bonchev–Trinajstić information content (AvgIpc) is 2.85. The SMILES string of the molecule is O=C(Nc1ccccc1)N1CCc2nc(-c3cccnc3)nc(Nc3cccc(F)c3)c2C1. The van der Waals surface area contributed by atoms with E-state index in [2.05, 4.69) is 15.6 Å². The van der Waals surface area contributed by atoms with Crippen LogP contribution in [0.15, 0.2) is 79.1 Å². The minimum atomic E-state index is -0.348. The second-order valence-electron chi connectivity index (χ2n) is 7.67. The highest BCUT2D eigenvalue weighted by Crippen LogP contribution is 2.29. The summed E-state index contributed by atoms with van der Waals surface area (Å²) in [6.07, 6.45) is 3.97. The van der Waals surface area contributed by atoms with Crippen molar-refractivity contribution in [2.45, 2.75) is 13.0 Å². The molecule has 2 amide bonds. The van der Waals surface area contributed by atoms with Crippen molar-refractivity contribution in [1.82, 2.24) is 19.9 Å². The van der Waals surface area contributed by atoms with Crippen molar-refractivity contribution in [2.24, 2.45) is 0 Å². The van der Waals surface area contributed by atoms with Crippen LogP contribution in [-0.2, 0) is 13.0 Å². The molecule has 3 heterocycles. The first-order chi connectivity index (χ1) is 16.2. The molecule has 1 aliphatic heterocycles. The summed E-state index contributed by atoms with van der Waals surface area (Å²) in [7, 11) is 0. The highest BCUT2D eigenvalue weighted by atomic mass is 19.1. The molecule has 0 radical (unpaired) electrons. The van der Waals surface area contributed by atoms with Crippen molar-refractivity contribution in [2.75, 3.05) is 17.2 Å². The summed E-state index contributed by atoms with van der Waals surface area (Å²) in [5.41, 5.74) is 3.74. The summed E-state index contributed by atoms with van der Waals surface area (Å²) in [6.45, 7) is 0.855. The molecule has 33 heavy (non-hydrogen) atoms. The van der Waals surface area contributed by atoms with E-state index in [0.29, 0.717) is 36.8 Å². The molecule has 0 aliphatic carbocycles.